The van der Waals surface area contributed by atoms with Crippen molar-refractivity contribution < 1.29 is 19.0 Å². The summed E-state index contributed by atoms with van der Waals surface area (Å²) in [7, 11) is 3.02. The lowest BCUT2D eigenvalue weighted by Gasteiger charge is -2.18. The first-order valence-electron chi connectivity index (χ1n) is 7.82. The van der Waals surface area contributed by atoms with E-state index in [1.165, 1.54) is 14.2 Å². The van der Waals surface area contributed by atoms with Gasteiger partial charge in [0.15, 0.2) is 6.10 Å². The van der Waals surface area contributed by atoms with Crippen molar-refractivity contribution in [1.82, 2.24) is 0 Å². The second-order valence-corrected chi connectivity index (χ2v) is 6.11. The monoisotopic (exact) mass is 363 g/mol. The van der Waals surface area contributed by atoms with Crippen LogP contribution in [0.4, 0.5) is 5.69 Å². The minimum atomic E-state index is -0.688. The third-order valence-electron chi connectivity index (χ3n) is 3.74. The lowest BCUT2D eigenvalue weighted by atomic mass is 10.1. The summed E-state index contributed by atoms with van der Waals surface area (Å²) in [6.07, 6.45) is -0.688. The summed E-state index contributed by atoms with van der Waals surface area (Å²) >= 11 is 6.12. The van der Waals surface area contributed by atoms with E-state index >= 15 is 0 Å². The lowest BCUT2D eigenvalue weighted by Crippen LogP contribution is -2.30. The van der Waals surface area contributed by atoms with Crippen LogP contribution in [0.1, 0.15) is 18.1 Å². The molecule has 0 saturated carbocycles. The van der Waals surface area contributed by atoms with Crippen LogP contribution in [-0.4, -0.2) is 26.2 Å². The van der Waals surface area contributed by atoms with Gasteiger partial charge in [-0.3, -0.25) is 4.79 Å². The Balaban J connectivity index is 2.14. The molecule has 0 saturated heterocycles. The van der Waals surface area contributed by atoms with E-state index in [4.69, 9.17) is 25.8 Å². The minimum absolute atomic E-state index is 0.306. The zero-order valence-electron chi connectivity index (χ0n) is 15.0. The summed E-state index contributed by atoms with van der Waals surface area (Å²) in [5.74, 6) is 1.29. The quantitative estimate of drug-likeness (QED) is 0.827. The molecule has 0 heterocycles. The van der Waals surface area contributed by atoms with Gasteiger partial charge in [0.25, 0.3) is 5.91 Å². The molecule has 5 nitrogen and oxygen atoms in total. The van der Waals surface area contributed by atoms with Crippen LogP contribution in [0, 0.1) is 13.8 Å². The smallest absolute Gasteiger partial charge is 0.265 e. The summed E-state index contributed by atoms with van der Waals surface area (Å²) in [5.41, 5.74) is 2.57. The van der Waals surface area contributed by atoms with E-state index < -0.39 is 6.10 Å². The van der Waals surface area contributed by atoms with Gasteiger partial charge in [-0.25, -0.2) is 0 Å². The molecule has 0 radical (unpaired) electrons. The number of ether oxygens (including phenoxy) is 3. The molecule has 6 heteroatoms. The number of benzene rings is 2. The molecule has 2 aromatic carbocycles. The van der Waals surface area contributed by atoms with Crippen molar-refractivity contribution >= 4 is 23.2 Å². The summed E-state index contributed by atoms with van der Waals surface area (Å²) in [6, 6.07) is 9.01. The Hall–Kier alpha value is -2.40. The van der Waals surface area contributed by atoms with Crippen LogP contribution < -0.4 is 19.5 Å². The largest absolute Gasteiger partial charge is 0.495 e. The molecule has 25 heavy (non-hydrogen) atoms. The number of amides is 1. The van der Waals surface area contributed by atoms with E-state index in [9.17, 15) is 4.79 Å². The third-order valence-corrected chi connectivity index (χ3v) is 4.03. The maximum absolute atomic E-state index is 12.5. The van der Waals surface area contributed by atoms with E-state index in [1.54, 1.807) is 19.1 Å². The molecule has 0 spiro atoms. The molecule has 2 rings (SSSR count). The van der Waals surface area contributed by atoms with Gasteiger partial charge < -0.3 is 19.5 Å². The average Bonchev–Trinajstić information content (AvgIpc) is 2.57. The van der Waals surface area contributed by atoms with Gasteiger partial charge in [0, 0.05) is 6.07 Å². The maximum atomic E-state index is 12.5. The minimum Gasteiger partial charge on any atom is -0.495 e. The van der Waals surface area contributed by atoms with Gasteiger partial charge in [0.2, 0.25) is 0 Å². The molecule has 0 aromatic heterocycles. The van der Waals surface area contributed by atoms with E-state index in [2.05, 4.69) is 5.32 Å². The summed E-state index contributed by atoms with van der Waals surface area (Å²) in [5, 5.41) is 3.15. The first-order valence-corrected chi connectivity index (χ1v) is 8.19. The zero-order valence-corrected chi connectivity index (χ0v) is 15.7. The van der Waals surface area contributed by atoms with Gasteiger partial charge in [0.1, 0.15) is 17.2 Å². The van der Waals surface area contributed by atoms with E-state index in [-0.39, 0.29) is 5.91 Å². The summed E-state index contributed by atoms with van der Waals surface area (Å²) < 4.78 is 16.2. The fourth-order valence-electron chi connectivity index (χ4n) is 2.37. The highest BCUT2D eigenvalue weighted by molar-refractivity contribution is 6.32. The number of hydrogen-bond donors (Lipinski definition) is 1. The van der Waals surface area contributed by atoms with Crippen LogP contribution in [0.3, 0.4) is 0 Å². The molecule has 0 bridgehead atoms. The molecule has 0 aliphatic rings. The average molecular weight is 364 g/mol. The van der Waals surface area contributed by atoms with Crippen molar-refractivity contribution in [3.8, 4) is 17.2 Å². The molecule has 1 amide bonds. The van der Waals surface area contributed by atoms with Crippen molar-refractivity contribution in [2.45, 2.75) is 26.9 Å². The van der Waals surface area contributed by atoms with Gasteiger partial charge >= 0.3 is 0 Å². The summed E-state index contributed by atoms with van der Waals surface area (Å²) in [6.45, 7) is 5.64. The lowest BCUT2D eigenvalue weighted by molar-refractivity contribution is -0.122. The van der Waals surface area contributed by atoms with E-state index in [1.807, 2.05) is 32.0 Å². The Morgan fingerprint density at radius 2 is 1.72 bits per heavy atom. The molecule has 2 aromatic rings. The molecule has 0 aliphatic heterocycles. The second kappa shape index (κ2) is 8.12. The normalized spacial score (nSPS) is 11.6. The number of nitrogens with one attached hydrogen (secondary N) is 1. The molecule has 0 fully saturated rings. The Morgan fingerprint density at radius 1 is 1.04 bits per heavy atom. The maximum Gasteiger partial charge on any atom is 0.265 e. The Morgan fingerprint density at radius 3 is 2.32 bits per heavy atom. The van der Waals surface area contributed by atoms with Gasteiger partial charge in [0.05, 0.1) is 24.9 Å². The van der Waals surface area contributed by atoms with Gasteiger partial charge in [-0.15, -0.1) is 0 Å². The van der Waals surface area contributed by atoms with Crippen LogP contribution in [0.15, 0.2) is 30.3 Å². The van der Waals surface area contributed by atoms with Crippen molar-refractivity contribution in [3.05, 3.63) is 46.5 Å². The predicted octanol–water partition coefficient (Wildman–Crippen LogP) is 4.38. The number of anilines is 1. The third kappa shape index (κ3) is 4.57. The van der Waals surface area contributed by atoms with Crippen molar-refractivity contribution in [2.75, 3.05) is 19.5 Å². The predicted molar refractivity (Wildman–Crippen MR) is 99.2 cm³/mol. The first-order chi connectivity index (χ1) is 11.8. The second-order valence-electron chi connectivity index (χ2n) is 5.71. The molecular weight excluding hydrogens is 342 g/mol. The fraction of sp³-hybridized carbons (Fsp3) is 0.316. The Bertz CT molecular complexity index is 776. The Kier molecular flexibility index (Phi) is 6.15. The molecule has 1 atom stereocenters. The van der Waals surface area contributed by atoms with Gasteiger partial charge in [-0.05, 0) is 38.5 Å². The molecule has 1 N–H and O–H groups in total. The van der Waals surface area contributed by atoms with Crippen LogP contribution in [0.2, 0.25) is 5.02 Å². The number of halogens is 1. The van der Waals surface area contributed by atoms with Gasteiger partial charge in [-0.2, -0.15) is 0 Å². The number of hydrogen-bond acceptors (Lipinski definition) is 4. The van der Waals surface area contributed by atoms with Crippen LogP contribution in [-0.2, 0) is 4.79 Å². The Labute approximate surface area is 152 Å². The SMILES string of the molecule is COc1cc(OC)c(NC(=O)[C@@H](C)Oc2ccc(C)cc2C)cc1Cl. The molecule has 134 valence electrons. The zero-order chi connectivity index (χ0) is 18.6. The molecule has 0 aliphatic carbocycles. The van der Waals surface area contributed by atoms with Crippen molar-refractivity contribution in [3.63, 3.8) is 0 Å². The topological polar surface area (TPSA) is 56.8 Å². The number of aryl methyl sites for hydroxylation is 2. The highest BCUT2D eigenvalue weighted by atomic mass is 35.5. The highest BCUT2D eigenvalue weighted by Gasteiger charge is 2.19. The number of methoxy groups -OCH3 is 2. The first kappa shape index (κ1) is 18.9. The van der Waals surface area contributed by atoms with Crippen LogP contribution in [0.5, 0.6) is 17.2 Å². The van der Waals surface area contributed by atoms with Crippen LogP contribution in [0.25, 0.3) is 0 Å². The highest BCUT2D eigenvalue weighted by Crippen LogP contribution is 2.36. The summed E-state index contributed by atoms with van der Waals surface area (Å²) in [4.78, 5) is 12.5. The van der Waals surface area contributed by atoms with E-state index in [0.29, 0.717) is 28.0 Å². The van der Waals surface area contributed by atoms with Crippen molar-refractivity contribution in [2.24, 2.45) is 0 Å². The number of carbonyl (C=O) groups excluding carboxylic acids is 1. The van der Waals surface area contributed by atoms with Gasteiger partial charge in [-0.1, -0.05) is 29.3 Å². The van der Waals surface area contributed by atoms with E-state index in [0.717, 1.165) is 11.1 Å². The van der Waals surface area contributed by atoms with Crippen LogP contribution >= 0.6 is 11.6 Å². The molecular formula is C19H22ClNO4. The van der Waals surface area contributed by atoms with Crippen molar-refractivity contribution in [1.29, 1.82) is 0 Å². The fourth-order valence-corrected chi connectivity index (χ4v) is 2.61. The number of rotatable bonds is 6. The standard InChI is InChI=1S/C19H22ClNO4/c1-11-6-7-16(12(2)8-11)25-13(3)19(22)21-15-9-14(20)17(23-4)10-18(15)24-5/h6-10,13H,1-5H3,(H,21,22)/t13-/m1/s1. The number of carbonyl (C=O) groups is 1. The molecule has 0 unspecified atom stereocenters.